The second kappa shape index (κ2) is 4.44. The van der Waals surface area contributed by atoms with Crippen LogP contribution in [0.2, 0.25) is 0 Å². The second-order valence-electron chi connectivity index (χ2n) is 6.23. The molecule has 3 atom stereocenters. The molecule has 5 nitrogen and oxygen atoms in total. The SMILES string of the molecule is CC(C)(C)OC(=O)N1CCC[C@@H]1[C@@H]1C[C@H]1C(=O)O. The maximum absolute atomic E-state index is 12.0. The highest BCUT2D eigenvalue weighted by molar-refractivity contribution is 5.74. The van der Waals surface area contributed by atoms with Crippen molar-refractivity contribution >= 4 is 12.1 Å². The summed E-state index contributed by atoms with van der Waals surface area (Å²) in [5.41, 5.74) is -0.500. The minimum Gasteiger partial charge on any atom is -0.481 e. The number of likely N-dealkylation sites (tertiary alicyclic amines) is 1. The van der Waals surface area contributed by atoms with Gasteiger partial charge in [0, 0.05) is 12.6 Å². The standard InChI is InChI=1S/C13H21NO4/c1-13(2,3)18-12(17)14-6-4-5-10(14)8-7-9(8)11(15)16/h8-10H,4-7H2,1-3H3,(H,15,16)/t8-,9-,10-/m1/s1. The van der Waals surface area contributed by atoms with Gasteiger partial charge in [-0.2, -0.15) is 0 Å². The van der Waals surface area contributed by atoms with Gasteiger partial charge in [-0.3, -0.25) is 4.79 Å². The van der Waals surface area contributed by atoms with Gasteiger partial charge in [0.15, 0.2) is 0 Å². The normalized spacial score (nSPS) is 31.3. The lowest BCUT2D eigenvalue weighted by Crippen LogP contribution is -2.41. The number of aliphatic carboxylic acids is 1. The summed E-state index contributed by atoms with van der Waals surface area (Å²) in [6.45, 7) is 6.20. The molecule has 2 fully saturated rings. The fourth-order valence-electron chi connectivity index (χ4n) is 2.71. The van der Waals surface area contributed by atoms with Gasteiger partial charge in [-0.15, -0.1) is 0 Å². The van der Waals surface area contributed by atoms with Crippen molar-refractivity contribution in [1.82, 2.24) is 4.90 Å². The molecule has 1 aliphatic heterocycles. The first-order valence-corrected chi connectivity index (χ1v) is 6.52. The van der Waals surface area contributed by atoms with Crippen LogP contribution in [0, 0.1) is 11.8 Å². The van der Waals surface area contributed by atoms with E-state index in [1.54, 1.807) is 4.90 Å². The van der Waals surface area contributed by atoms with Gasteiger partial charge in [0.2, 0.25) is 0 Å². The molecule has 0 unspecified atom stereocenters. The predicted octanol–water partition coefficient (Wildman–Crippen LogP) is 2.11. The highest BCUT2D eigenvalue weighted by Gasteiger charge is 2.52. The lowest BCUT2D eigenvalue weighted by Gasteiger charge is -2.28. The van der Waals surface area contributed by atoms with Crippen LogP contribution in [0.25, 0.3) is 0 Å². The molecule has 1 amide bonds. The number of carbonyl (C=O) groups is 2. The van der Waals surface area contributed by atoms with Gasteiger partial charge >= 0.3 is 12.1 Å². The Morgan fingerprint density at radius 1 is 1.33 bits per heavy atom. The number of carboxylic acid groups (broad SMARTS) is 1. The van der Waals surface area contributed by atoms with Crippen LogP contribution in [0.1, 0.15) is 40.0 Å². The van der Waals surface area contributed by atoms with Crippen LogP contribution in [0.5, 0.6) is 0 Å². The molecule has 1 saturated carbocycles. The van der Waals surface area contributed by atoms with E-state index < -0.39 is 11.6 Å². The number of rotatable bonds is 2. The van der Waals surface area contributed by atoms with Crippen LogP contribution in [0.4, 0.5) is 4.79 Å². The molecule has 1 heterocycles. The topological polar surface area (TPSA) is 66.8 Å². The van der Waals surface area contributed by atoms with E-state index in [9.17, 15) is 9.59 Å². The molecule has 0 spiro atoms. The zero-order chi connectivity index (χ0) is 13.5. The average Bonchev–Trinajstić information content (AvgIpc) is 2.86. The molecule has 2 rings (SSSR count). The van der Waals surface area contributed by atoms with Gasteiger partial charge in [0.1, 0.15) is 5.60 Å². The van der Waals surface area contributed by atoms with E-state index in [1.165, 1.54) is 0 Å². The maximum atomic E-state index is 12.0. The number of nitrogens with zero attached hydrogens (tertiary/aromatic N) is 1. The number of amides is 1. The molecule has 5 heteroatoms. The monoisotopic (exact) mass is 255 g/mol. The van der Waals surface area contributed by atoms with Crippen molar-refractivity contribution in [3.05, 3.63) is 0 Å². The number of carbonyl (C=O) groups excluding carboxylic acids is 1. The third-order valence-electron chi connectivity index (χ3n) is 3.58. The van der Waals surface area contributed by atoms with Crippen molar-refractivity contribution < 1.29 is 19.4 Å². The highest BCUT2D eigenvalue weighted by atomic mass is 16.6. The number of carboxylic acids is 1. The third-order valence-corrected chi connectivity index (χ3v) is 3.58. The molecular formula is C13H21NO4. The summed E-state index contributed by atoms with van der Waals surface area (Å²) < 4.78 is 5.37. The fraction of sp³-hybridized carbons (Fsp3) is 0.846. The van der Waals surface area contributed by atoms with E-state index in [1.807, 2.05) is 20.8 Å². The van der Waals surface area contributed by atoms with Gasteiger partial charge < -0.3 is 14.7 Å². The van der Waals surface area contributed by atoms with Gasteiger partial charge in [-0.05, 0) is 46.0 Å². The molecule has 2 aliphatic rings. The molecule has 102 valence electrons. The van der Waals surface area contributed by atoms with E-state index in [0.717, 1.165) is 12.8 Å². The number of ether oxygens (including phenoxy) is 1. The van der Waals surface area contributed by atoms with Crippen LogP contribution in [0.15, 0.2) is 0 Å². The Kier molecular flexibility index (Phi) is 3.25. The smallest absolute Gasteiger partial charge is 0.410 e. The third kappa shape index (κ3) is 2.76. The first kappa shape index (κ1) is 13.2. The van der Waals surface area contributed by atoms with E-state index in [2.05, 4.69) is 0 Å². The summed E-state index contributed by atoms with van der Waals surface area (Å²) in [6, 6.07) is 0.0564. The number of hydrogen-bond donors (Lipinski definition) is 1. The van der Waals surface area contributed by atoms with E-state index >= 15 is 0 Å². The van der Waals surface area contributed by atoms with Crippen molar-refractivity contribution in [3.63, 3.8) is 0 Å². The lowest BCUT2D eigenvalue weighted by molar-refractivity contribution is -0.139. The van der Waals surface area contributed by atoms with Gasteiger partial charge in [0.05, 0.1) is 5.92 Å². The van der Waals surface area contributed by atoms with Crippen LogP contribution in [-0.2, 0) is 9.53 Å². The summed E-state index contributed by atoms with van der Waals surface area (Å²) in [7, 11) is 0. The first-order valence-electron chi connectivity index (χ1n) is 6.52. The van der Waals surface area contributed by atoms with Crippen LogP contribution >= 0.6 is 0 Å². The number of hydrogen-bond acceptors (Lipinski definition) is 3. The van der Waals surface area contributed by atoms with Crippen LogP contribution in [0.3, 0.4) is 0 Å². The van der Waals surface area contributed by atoms with Gasteiger partial charge in [-0.1, -0.05) is 0 Å². The molecule has 18 heavy (non-hydrogen) atoms. The summed E-state index contributed by atoms with van der Waals surface area (Å²) >= 11 is 0. The molecule has 1 saturated heterocycles. The Labute approximate surface area is 107 Å². The Balaban J connectivity index is 1.96. The first-order chi connectivity index (χ1) is 8.29. The minimum atomic E-state index is -0.740. The Hall–Kier alpha value is -1.26. The zero-order valence-corrected chi connectivity index (χ0v) is 11.2. The van der Waals surface area contributed by atoms with E-state index in [4.69, 9.17) is 9.84 Å². The van der Waals surface area contributed by atoms with Crippen molar-refractivity contribution in [2.45, 2.75) is 51.7 Å². The Morgan fingerprint density at radius 3 is 2.50 bits per heavy atom. The van der Waals surface area contributed by atoms with Gasteiger partial charge in [0.25, 0.3) is 0 Å². The van der Waals surface area contributed by atoms with Crippen molar-refractivity contribution in [2.24, 2.45) is 11.8 Å². The molecule has 1 N–H and O–H groups in total. The summed E-state index contributed by atoms with van der Waals surface area (Å²) in [5, 5.41) is 8.96. The summed E-state index contributed by atoms with van der Waals surface area (Å²) in [4.78, 5) is 24.7. The minimum absolute atomic E-state index is 0.0564. The average molecular weight is 255 g/mol. The van der Waals surface area contributed by atoms with E-state index in [-0.39, 0.29) is 24.0 Å². The molecule has 0 radical (unpaired) electrons. The fourth-order valence-corrected chi connectivity index (χ4v) is 2.71. The molecule has 0 aromatic heterocycles. The summed E-state index contributed by atoms with van der Waals surface area (Å²) in [6.07, 6.45) is 2.22. The quantitative estimate of drug-likeness (QED) is 0.820. The largest absolute Gasteiger partial charge is 0.481 e. The van der Waals surface area contributed by atoms with Crippen molar-refractivity contribution in [2.75, 3.05) is 6.54 Å². The highest BCUT2D eigenvalue weighted by Crippen LogP contribution is 2.46. The zero-order valence-electron chi connectivity index (χ0n) is 11.2. The molecule has 0 aromatic rings. The van der Waals surface area contributed by atoms with Gasteiger partial charge in [-0.25, -0.2) is 4.79 Å². The Morgan fingerprint density at radius 2 is 2.00 bits per heavy atom. The summed E-state index contributed by atoms with van der Waals surface area (Å²) in [5.74, 6) is -0.883. The van der Waals surface area contributed by atoms with Crippen molar-refractivity contribution in [1.29, 1.82) is 0 Å². The second-order valence-corrected chi connectivity index (χ2v) is 6.23. The van der Waals surface area contributed by atoms with Crippen molar-refractivity contribution in [3.8, 4) is 0 Å². The van der Waals surface area contributed by atoms with Crippen LogP contribution < -0.4 is 0 Å². The predicted molar refractivity (Wildman–Crippen MR) is 65.2 cm³/mol. The molecule has 0 aromatic carbocycles. The lowest BCUT2D eigenvalue weighted by atomic mass is 10.1. The van der Waals surface area contributed by atoms with E-state index in [0.29, 0.717) is 13.0 Å². The molecular weight excluding hydrogens is 234 g/mol. The molecule has 1 aliphatic carbocycles. The van der Waals surface area contributed by atoms with Crippen LogP contribution in [-0.4, -0.2) is 40.3 Å². The molecule has 0 bridgehead atoms. The maximum Gasteiger partial charge on any atom is 0.410 e. The Bertz CT molecular complexity index is 360.